The fourth-order valence-electron chi connectivity index (χ4n) is 2.44. The van der Waals surface area contributed by atoms with Crippen LogP contribution in [-0.4, -0.2) is 13.1 Å². The lowest BCUT2D eigenvalue weighted by Crippen LogP contribution is -2.27. The van der Waals surface area contributed by atoms with E-state index in [2.05, 4.69) is 39.4 Å². The van der Waals surface area contributed by atoms with Crippen molar-refractivity contribution in [3.8, 4) is 0 Å². The van der Waals surface area contributed by atoms with Gasteiger partial charge in [0.2, 0.25) is 0 Å². The van der Waals surface area contributed by atoms with Crippen molar-refractivity contribution in [2.75, 3.05) is 13.1 Å². The third kappa shape index (κ3) is 1.09. The quantitative estimate of drug-likeness (QED) is 0.766. The van der Waals surface area contributed by atoms with Crippen LogP contribution in [0.5, 0.6) is 0 Å². The van der Waals surface area contributed by atoms with Gasteiger partial charge >= 0.3 is 0 Å². The molecule has 14 heavy (non-hydrogen) atoms. The number of rotatable bonds is 0. The fraction of sp³-hybridized carbons (Fsp3) is 0.455. The summed E-state index contributed by atoms with van der Waals surface area (Å²) in [4.78, 5) is 0. The van der Waals surface area contributed by atoms with E-state index in [1.807, 2.05) is 0 Å². The van der Waals surface area contributed by atoms with Gasteiger partial charge in [-0.3, -0.25) is 0 Å². The van der Waals surface area contributed by atoms with E-state index in [0.717, 1.165) is 26.1 Å². The van der Waals surface area contributed by atoms with E-state index in [1.54, 1.807) is 0 Å². The molecule has 2 nitrogen and oxygen atoms in total. The van der Waals surface area contributed by atoms with Crippen LogP contribution >= 0.6 is 15.9 Å². The van der Waals surface area contributed by atoms with Crippen molar-refractivity contribution < 1.29 is 4.74 Å². The van der Waals surface area contributed by atoms with E-state index in [1.165, 1.54) is 15.6 Å². The number of hydrogen-bond donors (Lipinski definition) is 1. The molecule has 1 N–H and O–H groups in total. The predicted molar refractivity (Wildman–Crippen MR) is 58.1 cm³/mol. The highest BCUT2D eigenvalue weighted by atomic mass is 79.9. The molecule has 1 fully saturated rings. The molecular formula is C11H12BrNO. The number of fused-ring (bicyclic) bond motifs is 2. The predicted octanol–water partition coefficient (Wildman–Crippen LogP) is 2.17. The van der Waals surface area contributed by atoms with E-state index < -0.39 is 0 Å². The van der Waals surface area contributed by atoms with E-state index in [0.29, 0.717) is 0 Å². The Morgan fingerprint density at radius 2 is 2.36 bits per heavy atom. The fourth-order valence-corrected chi connectivity index (χ4v) is 2.92. The highest BCUT2D eigenvalue weighted by Gasteiger charge is 2.42. The van der Waals surface area contributed by atoms with Crippen LogP contribution in [0.2, 0.25) is 0 Å². The Bertz CT molecular complexity index is 372. The minimum atomic E-state index is -0.0287. The standard InChI is InChI=1S/C11H12BrNO/c12-10-3-1-2-9-8(10)6-14-11(9)4-5-13-7-11/h1-3,13H,4-7H2. The van der Waals surface area contributed by atoms with Gasteiger partial charge in [-0.15, -0.1) is 0 Å². The van der Waals surface area contributed by atoms with Gasteiger partial charge in [-0.05, 0) is 30.2 Å². The maximum absolute atomic E-state index is 5.96. The number of halogens is 1. The lowest BCUT2D eigenvalue weighted by atomic mass is 9.92. The molecule has 3 rings (SSSR count). The number of benzene rings is 1. The second-order valence-electron chi connectivity index (χ2n) is 3.98. The van der Waals surface area contributed by atoms with Gasteiger partial charge in [-0.25, -0.2) is 0 Å². The van der Waals surface area contributed by atoms with E-state index in [9.17, 15) is 0 Å². The maximum Gasteiger partial charge on any atom is 0.108 e. The van der Waals surface area contributed by atoms with Gasteiger partial charge in [0.1, 0.15) is 5.60 Å². The summed E-state index contributed by atoms with van der Waals surface area (Å²) in [6.45, 7) is 2.76. The van der Waals surface area contributed by atoms with Crippen molar-refractivity contribution in [2.24, 2.45) is 0 Å². The average molecular weight is 254 g/mol. The third-order valence-electron chi connectivity index (χ3n) is 3.22. The van der Waals surface area contributed by atoms with Gasteiger partial charge in [-0.2, -0.15) is 0 Å². The first-order valence-electron chi connectivity index (χ1n) is 4.94. The molecule has 0 saturated carbocycles. The van der Waals surface area contributed by atoms with Crippen LogP contribution in [0.1, 0.15) is 17.5 Å². The molecule has 2 heterocycles. The van der Waals surface area contributed by atoms with Crippen molar-refractivity contribution in [3.05, 3.63) is 33.8 Å². The molecule has 1 unspecified atom stereocenters. The molecule has 2 aliphatic heterocycles. The minimum absolute atomic E-state index is 0.0287. The zero-order valence-corrected chi connectivity index (χ0v) is 9.43. The van der Waals surface area contributed by atoms with Crippen LogP contribution in [0.4, 0.5) is 0 Å². The van der Waals surface area contributed by atoms with Crippen LogP contribution in [0.15, 0.2) is 22.7 Å². The molecule has 74 valence electrons. The van der Waals surface area contributed by atoms with Gasteiger partial charge in [0.05, 0.1) is 6.61 Å². The number of ether oxygens (including phenoxy) is 1. The molecule has 0 radical (unpaired) electrons. The molecule has 0 amide bonds. The van der Waals surface area contributed by atoms with Crippen LogP contribution in [-0.2, 0) is 16.9 Å². The summed E-state index contributed by atoms with van der Waals surface area (Å²) in [6, 6.07) is 6.38. The first-order chi connectivity index (χ1) is 6.82. The van der Waals surface area contributed by atoms with Gasteiger partial charge in [0.15, 0.2) is 0 Å². The summed E-state index contributed by atoms with van der Waals surface area (Å²) >= 11 is 3.58. The maximum atomic E-state index is 5.96. The monoisotopic (exact) mass is 253 g/mol. The highest BCUT2D eigenvalue weighted by molar-refractivity contribution is 9.10. The normalized spacial score (nSPS) is 29.8. The average Bonchev–Trinajstić information content (AvgIpc) is 2.78. The van der Waals surface area contributed by atoms with Crippen LogP contribution in [0, 0.1) is 0 Å². The smallest absolute Gasteiger partial charge is 0.108 e. The summed E-state index contributed by atoms with van der Waals surface area (Å²) in [6.07, 6.45) is 1.09. The molecular weight excluding hydrogens is 242 g/mol. The molecule has 3 heteroatoms. The summed E-state index contributed by atoms with van der Waals surface area (Å²) in [5.74, 6) is 0. The summed E-state index contributed by atoms with van der Waals surface area (Å²) in [5.41, 5.74) is 2.67. The van der Waals surface area contributed by atoms with Crippen molar-refractivity contribution in [1.29, 1.82) is 0 Å². The largest absolute Gasteiger partial charge is 0.364 e. The molecule has 1 atom stereocenters. The molecule has 0 aromatic heterocycles. The summed E-state index contributed by atoms with van der Waals surface area (Å²) in [5, 5.41) is 3.38. The highest BCUT2D eigenvalue weighted by Crippen LogP contribution is 2.43. The molecule has 1 spiro atoms. The van der Waals surface area contributed by atoms with Gasteiger partial charge in [0.25, 0.3) is 0 Å². The summed E-state index contributed by atoms with van der Waals surface area (Å²) in [7, 11) is 0. The Hall–Kier alpha value is -0.380. The lowest BCUT2D eigenvalue weighted by Gasteiger charge is -2.22. The van der Waals surface area contributed by atoms with Crippen LogP contribution in [0.25, 0.3) is 0 Å². The molecule has 0 aliphatic carbocycles. The second-order valence-corrected chi connectivity index (χ2v) is 4.83. The Balaban J connectivity index is 2.14. The lowest BCUT2D eigenvalue weighted by molar-refractivity contribution is -0.0219. The van der Waals surface area contributed by atoms with Crippen LogP contribution in [0.3, 0.4) is 0 Å². The van der Waals surface area contributed by atoms with E-state index in [-0.39, 0.29) is 5.60 Å². The molecule has 1 saturated heterocycles. The van der Waals surface area contributed by atoms with Crippen molar-refractivity contribution in [1.82, 2.24) is 5.32 Å². The number of nitrogens with one attached hydrogen (secondary N) is 1. The first kappa shape index (κ1) is 8.89. The van der Waals surface area contributed by atoms with Gasteiger partial charge in [-0.1, -0.05) is 28.1 Å². The SMILES string of the molecule is Brc1cccc2c1COC21CCNC1. The molecule has 1 aromatic rings. The topological polar surface area (TPSA) is 21.3 Å². The second kappa shape index (κ2) is 3.05. The summed E-state index contributed by atoms with van der Waals surface area (Å²) < 4.78 is 7.14. The molecule has 2 aliphatic rings. The third-order valence-corrected chi connectivity index (χ3v) is 3.96. The van der Waals surface area contributed by atoms with E-state index >= 15 is 0 Å². The van der Waals surface area contributed by atoms with Crippen molar-refractivity contribution in [2.45, 2.75) is 18.6 Å². The molecule has 1 aromatic carbocycles. The zero-order valence-electron chi connectivity index (χ0n) is 7.85. The van der Waals surface area contributed by atoms with Crippen molar-refractivity contribution >= 4 is 15.9 Å². The van der Waals surface area contributed by atoms with Crippen LogP contribution < -0.4 is 5.32 Å². The Kier molecular flexibility index (Phi) is 1.94. The van der Waals surface area contributed by atoms with Crippen molar-refractivity contribution in [3.63, 3.8) is 0 Å². The van der Waals surface area contributed by atoms with Gasteiger partial charge in [0, 0.05) is 11.0 Å². The van der Waals surface area contributed by atoms with Gasteiger partial charge < -0.3 is 10.1 Å². The Morgan fingerprint density at radius 1 is 1.43 bits per heavy atom. The Morgan fingerprint density at radius 3 is 3.14 bits per heavy atom. The first-order valence-corrected chi connectivity index (χ1v) is 5.74. The van der Waals surface area contributed by atoms with E-state index in [4.69, 9.17) is 4.74 Å². The Labute approximate surface area is 91.8 Å². The minimum Gasteiger partial charge on any atom is -0.364 e. The molecule has 0 bridgehead atoms. The number of hydrogen-bond acceptors (Lipinski definition) is 2. The zero-order chi connectivity index (χ0) is 9.60.